The summed E-state index contributed by atoms with van der Waals surface area (Å²) in [7, 11) is 0.619. The highest BCUT2D eigenvalue weighted by Gasteiger charge is 2.05. The Morgan fingerprint density at radius 3 is 2.38 bits per heavy atom. The zero-order valence-corrected chi connectivity index (χ0v) is 11.5. The number of benzene rings is 1. The van der Waals surface area contributed by atoms with Crippen LogP contribution in [-0.2, 0) is 0 Å². The number of allylic oxidation sites excluding steroid dienone is 2. The molecule has 1 nitrogen and oxygen atoms in total. The third-order valence-electron chi connectivity index (χ3n) is 2.12. The number of para-hydroxylation sites is 1. The lowest BCUT2D eigenvalue weighted by molar-refractivity contribution is 0.414. The first-order valence-electron chi connectivity index (χ1n) is 5.52. The van der Waals surface area contributed by atoms with Crippen LogP contribution in [0.5, 0.6) is 5.75 Å². The molecule has 0 aliphatic heterocycles. The van der Waals surface area contributed by atoms with Crippen molar-refractivity contribution < 1.29 is 4.74 Å². The van der Waals surface area contributed by atoms with Gasteiger partial charge in [-0.25, -0.2) is 0 Å². The van der Waals surface area contributed by atoms with Crippen LogP contribution >= 0.6 is 0 Å². The van der Waals surface area contributed by atoms with Crippen LogP contribution in [0.3, 0.4) is 0 Å². The Labute approximate surface area is 99.5 Å². The van der Waals surface area contributed by atoms with Crippen LogP contribution in [0, 0.1) is 0 Å². The summed E-state index contributed by atoms with van der Waals surface area (Å²) in [5, 5.41) is 0. The second-order valence-corrected chi connectivity index (χ2v) is 9.89. The van der Waals surface area contributed by atoms with E-state index in [4.69, 9.17) is 4.74 Å². The monoisotopic (exact) mass is 232 g/mol. The topological polar surface area (TPSA) is 9.23 Å². The van der Waals surface area contributed by atoms with E-state index in [2.05, 4.69) is 49.6 Å². The van der Waals surface area contributed by atoms with Crippen LogP contribution in [0.4, 0.5) is 0 Å². The predicted octanol–water partition coefficient (Wildman–Crippen LogP) is 4.14. The summed E-state index contributed by atoms with van der Waals surface area (Å²) in [6.45, 7) is 6.96. The maximum atomic E-state index is 5.28. The van der Waals surface area contributed by atoms with E-state index in [0.717, 1.165) is 11.3 Å². The molecular formula is C14H20OSi. The van der Waals surface area contributed by atoms with Gasteiger partial charge in [-0.2, -0.15) is 0 Å². The molecule has 0 heterocycles. The third-order valence-corrected chi connectivity index (χ3v) is 3.31. The molecule has 0 N–H and O–H groups in total. The number of hydrogen-bond acceptors (Lipinski definition) is 1. The van der Waals surface area contributed by atoms with Gasteiger partial charge in [0.1, 0.15) is 5.75 Å². The predicted molar refractivity (Wildman–Crippen MR) is 74.5 cm³/mol. The van der Waals surface area contributed by atoms with Crippen molar-refractivity contribution in [2.75, 3.05) is 7.11 Å². The van der Waals surface area contributed by atoms with Gasteiger partial charge in [0, 0.05) is 5.56 Å². The molecule has 1 aromatic rings. The number of ether oxygens (including phenoxy) is 1. The fourth-order valence-electron chi connectivity index (χ4n) is 1.31. The standard InChI is InChI=1S/C14H20OSi/c1-15-14-11-6-5-9-13(14)10-7-8-12-16(2,3)4/h5-12H,1-4H3/b10-7+,12-8+. The smallest absolute Gasteiger partial charge is 0.126 e. The number of methoxy groups -OCH3 is 1. The van der Waals surface area contributed by atoms with Crippen molar-refractivity contribution >= 4 is 14.1 Å². The molecular weight excluding hydrogens is 212 g/mol. The Bertz CT molecular complexity index is 386. The van der Waals surface area contributed by atoms with E-state index in [9.17, 15) is 0 Å². The Balaban J connectivity index is 2.73. The van der Waals surface area contributed by atoms with Gasteiger partial charge in [0.15, 0.2) is 0 Å². The van der Waals surface area contributed by atoms with Gasteiger partial charge in [-0.05, 0) is 6.07 Å². The highest BCUT2D eigenvalue weighted by Crippen LogP contribution is 2.18. The van der Waals surface area contributed by atoms with E-state index >= 15 is 0 Å². The summed E-state index contributed by atoms with van der Waals surface area (Å²) < 4.78 is 5.28. The highest BCUT2D eigenvalue weighted by atomic mass is 28.3. The second-order valence-electron chi connectivity index (χ2n) is 4.83. The van der Waals surface area contributed by atoms with Crippen molar-refractivity contribution in [3.05, 3.63) is 47.7 Å². The minimum absolute atomic E-state index is 0.917. The molecule has 0 spiro atoms. The van der Waals surface area contributed by atoms with Gasteiger partial charge in [0.25, 0.3) is 0 Å². The van der Waals surface area contributed by atoms with Gasteiger partial charge in [-0.15, -0.1) is 0 Å². The van der Waals surface area contributed by atoms with Gasteiger partial charge >= 0.3 is 0 Å². The Hall–Kier alpha value is -1.28. The SMILES string of the molecule is COc1ccccc1/C=C/C=C/[Si](C)(C)C. The first-order chi connectivity index (χ1) is 7.53. The lowest BCUT2D eigenvalue weighted by atomic mass is 10.2. The number of hydrogen-bond donors (Lipinski definition) is 0. The van der Waals surface area contributed by atoms with E-state index in [1.54, 1.807) is 7.11 Å². The van der Waals surface area contributed by atoms with Gasteiger partial charge < -0.3 is 4.74 Å². The molecule has 0 aliphatic carbocycles. The molecule has 1 aromatic carbocycles. The summed E-state index contributed by atoms with van der Waals surface area (Å²) >= 11 is 0. The van der Waals surface area contributed by atoms with Crippen LogP contribution in [-0.4, -0.2) is 15.2 Å². The van der Waals surface area contributed by atoms with Crippen molar-refractivity contribution in [1.29, 1.82) is 0 Å². The van der Waals surface area contributed by atoms with E-state index < -0.39 is 8.07 Å². The molecule has 16 heavy (non-hydrogen) atoms. The highest BCUT2D eigenvalue weighted by molar-refractivity contribution is 6.81. The summed E-state index contributed by atoms with van der Waals surface area (Å²) in [6.07, 6.45) is 6.30. The van der Waals surface area contributed by atoms with E-state index in [-0.39, 0.29) is 0 Å². The van der Waals surface area contributed by atoms with Gasteiger partial charge in [0.05, 0.1) is 15.2 Å². The summed E-state index contributed by atoms with van der Waals surface area (Å²) in [5.74, 6) is 0.917. The number of rotatable bonds is 4. The minimum Gasteiger partial charge on any atom is -0.496 e. The van der Waals surface area contributed by atoms with Crippen molar-refractivity contribution in [1.82, 2.24) is 0 Å². The molecule has 0 aromatic heterocycles. The molecule has 0 aliphatic rings. The van der Waals surface area contributed by atoms with E-state index in [1.807, 2.05) is 18.2 Å². The van der Waals surface area contributed by atoms with Crippen LogP contribution in [0.25, 0.3) is 6.08 Å². The van der Waals surface area contributed by atoms with E-state index in [0.29, 0.717) is 0 Å². The molecule has 86 valence electrons. The van der Waals surface area contributed by atoms with Crippen LogP contribution in [0.15, 0.2) is 42.1 Å². The van der Waals surface area contributed by atoms with Crippen molar-refractivity contribution in [3.8, 4) is 5.75 Å². The average Bonchev–Trinajstić information content (AvgIpc) is 2.23. The van der Waals surface area contributed by atoms with Crippen molar-refractivity contribution in [2.45, 2.75) is 19.6 Å². The minimum atomic E-state index is -1.08. The van der Waals surface area contributed by atoms with Crippen LogP contribution in [0.1, 0.15) is 5.56 Å². The molecule has 0 amide bonds. The van der Waals surface area contributed by atoms with E-state index in [1.165, 1.54) is 0 Å². The molecule has 0 atom stereocenters. The molecule has 0 saturated carbocycles. The second kappa shape index (κ2) is 5.71. The molecule has 2 heteroatoms. The van der Waals surface area contributed by atoms with Crippen LogP contribution < -0.4 is 4.74 Å². The van der Waals surface area contributed by atoms with Gasteiger partial charge in [-0.1, -0.05) is 61.8 Å². The van der Waals surface area contributed by atoms with Crippen LogP contribution in [0.2, 0.25) is 19.6 Å². The van der Waals surface area contributed by atoms with Gasteiger partial charge in [-0.3, -0.25) is 0 Å². The lowest BCUT2D eigenvalue weighted by Crippen LogP contribution is -2.14. The first kappa shape index (κ1) is 12.8. The Morgan fingerprint density at radius 2 is 1.75 bits per heavy atom. The normalized spacial score (nSPS) is 12.5. The lowest BCUT2D eigenvalue weighted by Gasteiger charge is -2.06. The van der Waals surface area contributed by atoms with Crippen molar-refractivity contribution in [3.63, 3.8) is 0 Å². The quantitative estimate of drug-likeness (QED) is 0.560. The molecule has 0 unspecified atom stereocenters. The fourth-order valence-corrected chi connectivity index (χ4v) is 2.00. The molecule has 1 rings (SSSR count). The maximum Gasteiger partial charge on any atom is 0.126 e. The first-order valence-corrected chi connectivity index (χ1v) is 9.09. The maximum absolute atomic E-state index is 5.28. The molecule has 0 bridgehead atoms. The molecule has 0 radical (unpaired) electrons. The largest absolute Gasteiger partial charge is 0.496 e. The average molecular weight is 232 g/mol. The third kappa shape index (κ3) is 4.49. The summed E-state index contributed by atoms with van der Waals surface area (Å²) in [4.78, 5) is 0. The Morgan fingerprint density at radius 1 is 1.06 bits per heavy atom. The molecule has 0 fully saturated rings. The summed E-state index contributed by atoms with van der Waals surface area (Å²) in [6, 6.07) is 8.03. The zero-order valence-electron chi connectivity index (χ0n) is 10.5. The summed E-state index contributed by atoms with van der Waals surface area (Å²) in [5.41, 5.74) is 3.43. The van der Waals surface area contributed by atoms with Gasteiger partial charge in [0.2, 0.25) is 0 Å². The van der Waals surface area contributed by atoms with Crippen molar-refractivity contribution in [2.24, 2.45) is 0 Å². The zero-order chi connectivity index (χ0) is 12.0. The molecule has 0 saturated heterocycles. The Kier molecular flexibility index (Phi) is 4.56. The fraction of sp³-hybridized carbons (Fsp3) is 0.286.